The number of sulfonamides is 1. The SMILES string of the molecule is Cc1nn(Cc2ccc(Cl)c(Cl)c2)c(C)c1S(=O)(=O)N1CCOCC1. The molecule has 0 atom stereocenters. The van der Waals surface area contributed by atoms with Gasteiger partial charge in [0.1, 0.15) is 4.90 Å². The quantitative estimate of drug-likeness (QED) is 0.786. The van der Waals surface area contributed by atoms with Crippen LogP contribution in [-0.2, 0) is 21.3 Å². The highest BCUT2D eigenvalue weighted by Gasteiger charge is 2.32. The molecule has 2 heterocycles. The highest BCUT2D eigenvalue weighted by atomic mass is 35.5. The van der Waals surface area contributed by atoms with E-state index in [9.17, 15) is 8.42 Å². The number of ether oxygens (including phenoxy) is 1. The number of nitrogens with zero attached hydrogens (tertiary/aromatic N) is 3. The topological polar surface area (TPSA) is 64.4 Å². The first-order chi connectivity index (χ1) is 11.8. The van der Waals surface area contributed by atoms with E-state index in [1.807, 2.05) is 6.07 Å². The van der Waals surface area contributed by atoms with Crippen LogP contribution in [0.2, 0.25) is 10.0 Å². The minimum Gasteiger partial charge on any atom is -0.379 e. The van der Waals surface area contributed by atoms with Gasteiger partial charge in [-0.1, -0.05) is 29.3 Å². The molecule has 0 spiro atoms. The highest BCUT2D eigenvalue weighted by Crippen LogP contribution is 2.26. The fraction of sp³-hybridized carbons (Fsp3) is 0.438. The zero-order valence-electron chi connectivity index (χ0n) is 14.0. The zero-order chi connectivity index (χ0) is 18.2. The maximum Gasteiger partial charge on any atom is 0.246 e. The van der Waals surface area contributed by atoms with Crippen LogP contribution < -0.4 is 0 Å². The summed E-state index contributed by atoms with van der Waals surface area (Å²) in [5.41, 5.74) is 1.99. The highest BCUT2D eigenvalue weighted by molar-refractivity contribution is 7.89. The van der Waals surface area contributed by atoms with Gasteiger partial charge in [0.25, 0.3) is 0 Å². The van der Waals surface area contributed by atoms with Crippen LogP contribution in [0.5, 0.6) is 0 Å². The second kappa shape index (κ2) is 7.25. The second-order valence-corrected chi connectivity index (χ2v) is 8.61. The largest absolute Gasteiger partial charge is 0.379 e. The van der Waals surface area contributed by atoms with Gasteiger partial charge in [0, 0.05) is 13.1 Å². The van der Waals surface area contributed by atoms with Crippen molar-refractivity contribution in [1.82, 2.24) is 14.1 Å². The fourth-order valence-corrected chi connectivity index (χ4v) is 5.04. The number of aromatic nitrogens is 2. The lowest BCUT2D eigenvalue weighted by atomic mass is 10.2. The Hall–Kier alpha value is -1.12. The predicted octanol–water partition coefficient (Wildman–Crippen LogP) is 2.88. The molecule has 1 aliphatic heterocycles. The van der Waals surface area contributed by atoms with Crippen molar-refractivity contribution in [2.24, 2.45) is 0 Å². The van der Waals surface area contributed by atoms with E-state index in [1.54, 1.807) is 30.7 Å². The van der Waals surface area contributed by atoms with Crippen molar-refractivity contribution in [2.45, 2.75) is 25.3 Å². The molecule has 1 saturated heterocycles. The van der Waals surface area contributed by atoms with Crippen LogP contribution in [0.3, 0.4) is 0 Å². The third-order valence-corrected chi connectivity index (χ3v) is 7.09. The molecule has 2 aromatic rings. The van der Waals surface area contributed by atoms with E-state index in [1.165, 1.54) is 4.31 Å². The first-order valence-corrected chi connectivity index (χ1v) is 10.1. The normalized spacial score (nSPS) is 16.3. The van der Waals surface area contributed by atoms with Crippen LogP contribution in [0.25, 0.3) is 0 Å². The molecule has 6 nitrogen and oxygen atoms in total. The Morgan fingerprint density at radius 2 is 1.84 bits per heavy atom. The number of benzene rings is 1. The van der Waals surface area contributed by atoms with E-state index in [-0.39, 0.29) is 4.90 Å². The van der Waals surface area contributed by atoms with Crippen molar-refractivity contribution < 1.29 is 13.2 Å². The number of aryl methyl sites for hydroxylation is 1. The minimum absolute atomic E-state index is 0.273. The summed E-state index contributed by atoms with van der Waals surface area (Å²) in [6.45, 7) is 5.45. The lowest BCUT2D eigenvalue weighted by molar-refractivity contribution is 0.0730. The van der Waals surface area contributed by atoms with Crippen LogP contribution in [-0.4, -0.2) is 48.8 Å². The Labute approximate surface area is 157 Å². The van der Waals surface area contributed by atoms with Gasteiger partial charge in [-0.05, 0) is 31.5 Å². The molecule has 0 N–H and O–H groups in total. The first-order valence-electron chi connectivity index (χ1n) is 7.86. The molecule has 1 aromatic carbocycles. The van der Waals surface area contributed by atoms with Crippen molar-refractivity contribution in [2.75, 3.05) is 26.3 Å². The van der Waals surface area contributed by atoms with Gasteiger partial charge in [-0.2, -0.15) is 9.40 Å². The summed E-state index contributed by atoms with van der Waals surface area (Å²) >= 11 is 12.0. The summed E-state index contributed by atoms with van der Waals surface area (Å²) in [6.07, 6.45) is 0. The van der Waals surface area contributed by atoms with Crippen molar-refractivity contribution in [3.8, 4) is 0 Å². The van der Waals surface area contributed by atoms with Crippen molar-refractivity contribution in [3.63, 3.8) is 0 Å². The lowest BCUT2D eigenvalue weighted by Crippen LogP contribution is -2.41. The standard InChI is InChI=1S/C16H19Cl2N3O3S/c1-11-16(25(22,23)20-5-7-24-8-6-20)12(2)21(19-11)10-13-3-4-14(17)15(18)9-13/h3-4,9H,5-8,10H2,1-2H3. The molecule has 0 bridgehead atoms. The Morgan fingerprint density at radius 1 is 1.16 bits per heavy atom. The maximum atomic E-state index is 13.0. The second-order valence-electron chi connectivity index (χ2n) is 5.92. The van der Waals surface area contributed by atoms with E-state index in [2.05, 4.69) is 5.10 Å². The average Bonchev–Trinajstić information content (AvgIpc) is 2.86. The number of hydrogen-bond donors (Lipinski definition) is 0. The monoisotopic (exact) mass is 403 g/mol. The first kappa shape index (κ1) is 18.7. The van der Waals surface area contributed by atoms with E-state index in [4.69, 9.17) is 27.9 Å². The van der Waals surface area contributed by atoms with Gasteiger partial charge in [-0.3, -0.25) is 4.68 Å². The Morgan fingerprint density at radius 3 is 2.48 bits per heavy atom. The summed E-state index contributed by atoms with van der Waals surface area (Å²) in [6, 6.07) is 5.33. The molecule has 25 heavy (non-hydrogen) atoms. The van der Waals surface area contributed by atoms with Crippen molar-refractivity contribution in [1.29, 1.82) is 0 Å². The molecule has 0 saturated carbocycles. The summed E-state index contributed by atoms with van der Waals surface area (Å²) in [7, 11) is -3.59. The van der Waals surface area contributed by atoms with Crippen LogP contribution in [0.15, 0.2) is 23.1 Å². The molecule has 0 radical (unpaired) electrons. The number of halogens is 2. The van der Waals surface area contributed by atoms with Gasteiger partial charge in [-0.15, -0.1) is 0 Å². The molecule has 1 aliphatic rings. The Kier molecular flexibility index (Phi) is 5.41. The van der Waals surface area contributed by atoms with Gasteiger partial charge >= 0.3 is 0 Å². The smallest absolute Gasteiger partial charge is 0.246 e. The fourth-order valence-electron chi connectivity index (χ4n) is 2.93. The molecule has 1 aromatic heterocycles. The van der Waals surface area contributed by atoms with Crippen LogP contribution in [0.1, 0.15) is 17.0 Å². The van der Waals surface area contributed by atoms with E-state index in [0.717, 1.165) is 5.56 Å². The van der Waals surface area contributed by atoms with Gasteiger partial charge in [0.05, 0.1) is 41.2 Å². The number of morpholine rings is 1. The van der Waals surface area contributed by atoms with Crippen LogP contribution in [0.4, 0.5) is 0 Å². The van der Waals surface area contributed by atoms with Gasteiger partial charge in [0.15, 0.2) is 0 Å². The van der Waals surface area contributed by atoms with Crippen molar-refractivity contribution >= 4 is 33.2 Å². The molecule has 136 valence electrons. The average molecular weight is 404 g/mol. The van der Waals surface area contributed by atoms with Crippen LogP contribution >= 0.6 is 23.2 Å². The molecular formula is C16H19Cl2N3O3S. The molecule has 3 rings (SSSR count). The maximum absolute atomic E-state index is 13.0. The van der Waals surface area contributed by atoms with E-state index < -0.39 is 10.0 Å². The van der Waals surface area contributed by atoms with E-state index >= 15 is 0 Å². The molecule has 1 fully saturated rings. The summed E-state index contributed by atoms with van der Waals surface area (Å²) < 4.78 is 34.3. The molecule has 9 heteroatoms. The van der Waals surface area contributed by atoms with Crippen molar-refractivity contribution in [3.05, 3.63) is 45.2 Å². The zero-order valence-corrected chi connectivity index (χ0v) is 16.3. The third kappa shape index (κ3) is 3.71. The Balaban J connectivity index is 1.94. The Bertz CT molecular complexity index is 890. The molecule has 0 unspecified atom stereocenters. The minimum atomic E-state index is -3.59. The van der Waals surface area contributed by atoms with Gasteiger partial charge < -0.3 is 4.74 Å². The number of rotatable bonds is 4. The molecule has 0 amide bonds. The molecule has 0 aliphatic carbocycles. The number of hydrogen-bond acceptors (Lipinski definition) is 4. The summed E-state index contributed by atoms with van der Waals surface area (Å²) in [5, 5.41) is 5.36. The summed E-state index contributed by atoms with van der Waals surface area (Å²) in [5.74, 6) is 0. The molecular weight excluding hydrogens is 385 g/mol. The van der Waals surface area contributed by atoms with Crippen LogP contribution in [0, 0.1) is 13.8 Å². The lowest BCUT2D eigenvalue weighted by Gasteiger charge is -2.26. The van der Waals surface area contributed by atoms with Gasteiger partial charge in [0.2, 0.25) is 10.0 Å². The predicted molar refractivity (Wildman–Crippen MR) is 96.8 cm³/mol. The third-order valence-electron chi connectivity index (χ3n) is 4.20. The van der Waals surface area contributed by atoms with Gasteiger partial charge in [-0.25, -0.2) is 8.42 Å². The van der Waals surface area contributed by atoms with E-state index in [0.29, 0.717) is 54.3 Å². The summed E-state index contributed by atoms with van der Waals surface area (Å²) in [4.78, 5) is 0.273.